The van der Waals surface area contributed by atoms with Crippen molar-refractivity contribution in [3.8, 4) is 11.8 Å². The Kier molecular flexibility index (Phi) is 4.02. The molecule has 0 aliphatic carbocycles. The number of hydrogen-bond acceptors (Lipinski definition) is 5. The number of amides is 1. The number of benzene rings is 1. The zero-order valence-corrected chi connectivity index (χ0v) is 10.6. The SMILES string of the molecule is Cn1nnc(NC(=O)c2cc(C#CCN)ccc2F)n1. The summed E-state index contributed by atoms with van der Waals surface area (Å²) in [7, 11) is 1.55. The van der Waals surface area contributed by atoms with Crippen LogP contribution in [0.3, 0.4) is 0 Å². The maximum Gasteiger partial charge on any atom is 0.270 e. The Hall–Kier alpha value is -2.79. The first-order chi connectivity index (χ1) is 9.60. The Morgan fingerprint density at radius 2 is 2.35 bits per heavy atom. The van der Waals surface area contributed by atoms with E-state index in [9.17, 15) is 9.18 Å². The number of halogens is 1. The van der Waals surface area contributed by atoms with E-state index in [-0.39, 0.29) is 18.1 Å². The number of aryl methyl sites for hydroxylation is 1. The van der Waals surface area contributed by atoms with Gasteiger partial charge in [-0.15, -0.1) is 5.10 Å². The molecular formula is C12H11FN6O. The molecular weight excluding hydrogens is 263 g/mol. The van der Waals surface area contributed by atoms with Gasteiger partial charge in [-0.05, 0) is 23.4 Å². The molecule has 0 aliphatic rings. The molecule has 7 nitrogen and oxygen atoms in total. The molecule has 1 amide bonds. The molecule has 0 radical (unpaired) electrons. The van der Waals surface area contributed by atoms with E-state index in [0.717, 1.165) is 0 Å². The third-order valence-corrected chi connectivity index (χ3v) is 2.28. The zero-order chi connectivity index (χ0) is 14.5. The average Bonchev–Trinajstić information content (AvgIpc) is 2.83. The number of carbonyl (C=O) groups is 1. The van der Waals surface area contributed by atoms with E-state index in [1.807, 2.05) is 0 Å². The first kappa shape index (κ1) is 13.6. The molecule has 102 valence electrons. The fourth-order valence-electron chi connectivity index (χ4n) is 1.43. The highest BCUT2D eigenvalue weighted by molar-refractivity contribution is 6.03. The van der Waals surface area contributed by atoms with Gasteiger partial charge in [0.2, 0.25) is 0 Å². The molecule has 1 aromatic heterocycles. The van der Waals surface area contributed by atoms with E-state index in [1.165, 1.54) is 23.0 Å². The fraction of sp³-hybridized carbons (Fsp3) is 0.167. The largest absolute Gasteiger partial charge is 0.320 e. The van der Waals surface area contributed by atoms with Crippen molar-refractivity contribution in [2.45, 2.75) is 0 Å². The summed E-state index contributed by atoms with van der Waals surface area (Å²) >= 11 is 0. The van der Waals surface area contributed by atoms with Crippen LogP contribution in [0.4, 0.5) is 10.3 Å². The predicted octanol–water partition coefficient (Wildman–Crippen LogP) is -0.0883. The number of tetrazole rings is 1. The van der Waals surface area contributed by atoms with Crippen molar-refractivity contribution in [3.63, 3.8) is 0 Å². The number of aromatic nitrogens is 4. The van der Waals surface area contributed by atoms with E-state index < -0.39 is 11.7 Å². The van der Waals surface area contributed by atoms with E-state index in [4.69, 9.17) is 5.73 Å². The van der Waals surface area contributed by atoms with Gasteiger partial charge in [0.05, 0.1) is 19.2 Å². The minimum Gasteiger partial charge on any atom is -0.320 e. The van der Waals surface area contributed by atoms with Crippen LogP contribution in [0.5, 0.6) is 0 Å². The highest BCUT2D eigenvalue weighted by atomic mass is 19.1. The molecule has 0 bridgehead atoms. The lowest BCUT2D eigenvalue weighted by molar-refractivity contribution is 0.102. The van der Waals surface area contributed by atoms with Crippen LogP contribution in [0.15, 0.2) is 18.2 Å². The van der Waals surface area contributed by atoms with Crippen molar-refractivity contribution in [1.82, 2.24) is 20.2 Å². The third kappa shape index (κ3) is 3.15. The van der Waals surface area contributed by atoms with Crippen molar-refractivity contribution in [2.75, 3.05) is 11.9 Å². The zero-order valence-electron chi connectivity index (χ0n) is 10.6. The van der Waals surface area contributed by atoms with Gasteiger partial charge in [-0.1, -0.05) is 16.9 Å². The van der Waals surface area contributed by atoms with Gasteiger partial charge in [0.25, 0.3) is 11.9 Å². The minimum atomic E-state index is -0.674. The summed E-state index contributed by atoms with van der Waals surface area (Å²) in [4.78, 5) is 13.1. The molecule has 2 aromatic rings. The number of nitrogens with one attached hydrogen (secondary N) is 1. The van der Waals surface area contributed by atoms with Gasteiger partial charge in [0, 0.05) is 5.56 Å². The topological polar surface area (TPSA) is 98.7 Å². The number of carbonyl (C=O) groups excluding carboxylic acids is 1. The van der Waals surface area contributed by atoms with Gasteiger partial charge >= 0.3 is 0 Å². The van der Waals surface area contributed by atoms with Crippen molar-refractivity contribution in [2.24, 2.45) is 12.8 Å². The van der Waals surface area contributed by atoms with Gasteiger partial charge in [-0.2, -0.15) is 4.80 Å². The molecule has 2 rings (SSSR count). The van der Waals surface area contributed by atoms with E-state index in [1.54, 1.807) is 7.05 Å². The second kappa shape index (κ2) is 5.90. The van der Waals surface area contributed by atoms with E-state index in [0.29, 0.717) is 5.56 Å². The number of rotatable bonds is 2. The normalized spacial score (nSPS) is 9.75. The van der Waals surface area contributed by atoms with Crippen LogP contribution < -0.4 is 11.1 Å². The van der Waals surface area contributed by atoms with Crippen molar-refractivity contribution >= 4 is 11.9 Å². The standard InChI is InChI=1S/C12H11FN6O/c1-19-17-12(16-18-19)15-11(20)9-7-8(3-2-6-14)4-5-10(9)13/h4-5,7H,6,14H2,1H3,(H,15,17,20). The fourth-order valence-corrected chi connectivity index (χ4v) is 1.43. The first-order valence-electron chi connectivity index (χ1n) is 5.64. The summed E-state index contributed by atoms with van der Waals surface area (Å²) in [5.74, 6) is 4.01. The van der Waals surface area contributed by atoms with Crippen LogP contribution in [0, 0.1) is 17.7 Å². The molecule has 20 heavy (non-hydrogen) atoms. The third-order valence-electron chi connectivity index (χ3n) is 2.28. The molecule has 0 fully saturated rings. The average molecular weight is 274 g/mol. The maximum atomic E-state index is 13.7. The summed E-state index contributed by atoms with van der Waals surface area (Å²) in [5, 5.41) is 13.3. The highest BCUT2D eigenvalue weighted by Gasteiger charge is 2.14. The monoisotopic (exact) mass is 274 g/mol. The predicted molar refractivity (Wildman–Crippen MR) is 69.1 cm³/mol. The first-order valence-corrected chi connectivity index (χ1v) is 5.64. The molecule has 0 aliphatic heterocycles. The summed E-state index contributed by atoms with van der Waals surface area (Å²) in [5.41, 5.74) is 5.60. The van der Waals surface area contributed by atoms with Crippen LogP contribution in [-0.4, -0.2) is 32.7 Å². The molecule has 1 heterocycles. The summed E-state index contributed by atoms with van der Waals surface area (Å²) in [6, 6.07) is 3.97. The van der Waals surface area contributed by atoms with Gasteiger partial charge < -0.3 is 5.73 Å². The Labute approximate surface area is 114 Å². The summed E-state index contributed by atoms with van der Waals surface area (Å²) < 4.78 is 13.7. The lowest BCUT2D eigenvalue weighted by atomic mass is 10.1. The highest BCUT2D eigenvalue weighted by Crippen LogP contribution is 2.11. The van der Waals surface area contributed by atoms with E-state index in [2.05, 4.69) is 32.6 Å². The lowest BCUT2D eigenvalue weighted by Gasteiger charge is -2.03. The summed E-state index contributed by atoms with van der Waals surface area (Å²) in [6.45, 7) is 0.183. The van der Waals surface area contributed by atoms with Crippen LogP contribution in [0.25, 0.3) is 0 Å². The Morgan fingerprint density at radius 1 is 1.55 bits per heavy atom. The van der Waals surface area contributed by atoms with Crippen LogP contribution in [0.1, 0.15) is 15.9 Å². The van der Waals surface area contributed by atoms with Crippen LogP contribution in [0.2, 0.25) is 0 Å². The molecule has 0 unspecified atom stereocenters. The van der Waals surface area contributed by atoms with Crippen LogP contribution >= 0.6 is 0 Å². The molecule has 3 N–H and O–H groups in total. The molecule has 0 saturated heterocycles. The number of hydrogen-bond donors (Lipinski definition) is 2. The minimum absolute atomic E-state index is 0.00431. The molecule has 8 heteroatoms. The molecule has 0 spiro atoms. The van der Waals surface area contributed by atoms with E-state index >= 15 is 0 Å². The van der Waals surface area contributed by atoms with Crippen molar-refractivity contribution in [3.05, 3.63) is 35.1 Å². The maximum absolute atomic E-state index is 13.7. The Morgan fingerprint density at radius 3 is 3.00 bits per heavy atom. The number of nitrogens with two attached hydrogens (primary N) is 1. The number of anilines is 1. The van der Waals surface area contributed by atoms with Gasteiger partial charge in [0.1, 0.15) is 5.82 Å². The molecule has 0 atom stereocenters. The van der Waals surface area contributed by atoms with Gasteiger partial charge in [0.15, 0.2) is 0 Å². The molecule has 0 saturated carbocycles. The van der Waals surface area contributed by atoms with Gasteiger partial charge in [-0.3, -0.25) is 10.1 Å². The number of nitrogens with zero attached hydrogens (tertiary/aromatic N) is 4. The second-order valence-corrected chi connectivity index (χ2v) is 3.76. The summed E-state index contributed by atoms with van der Waals surface area (Å²) in [6.07, 6.45) is 0. The van der Waals surface area contributed by atoms with Crippen LogP contribution in [-0.2, 0) is 7.05 Å². The smallest absolute Gasteiger partial charge is 0.270 e. The Balaban J connectivity index is 2.24. The molecule has 1 aromatic carbocycles. The second-order valence-electron chi connectivity index (χ2n) is 3.76. The van der Waals surface area contributed by atoms with Crippen molar-refractivity contribution < 1.29 is 9.18 Å². The van der Waals surface area contributed by atoms with Crippen molar-refractivity contribution in [1.29, 1.82) is 0 Å². The quantitative estimate of drug-likeness (QED) is 0.746. The lowest BCUT2D eigenvalue weighted by Crippen LogP contribution is -2.15. The Bertz CT molecular complexity index is 699. The van der Waals surface area contributed by atoms with Gasteiger partial charge in [-0.25, -0.2) is 4.39 Å².